The Bertz CT molecular complexity index is 889. The quantitative estimate of drug-likeness (QED) is 0.745. The number of carbonyl (C=O) groups excluding carboxylic acids is 1. The van der Waals surface area contributed by atoms with Crippen LogP contribution < -0.4 is 5.32 Å². The third-order valence-electron chi connectivity index (χ3n) is 3.63. The Balaban J connectivity index is 1.70. The monoisotopic (exact) mass is 340 g/mol. The topological polar surface area (TPSA) is 42.0 Å². The van der Waals surface area contributed by atoms with E-state index in [9.17, 15) is 9.18 Å². The predicted molar refractivity (Wildman–Crippen MR) is 95.8 cm³/mol. The lowest BCUT2D eigenvalue weighted by Gasteiger charge is -2.07. The molecule has 1 amide bonds. The fourth-order valence-electron chi connectivity index (χ4n) is 2.39. The predicted octanol–water partition coefficient (Wildman–Crippen LogP) is 4.75. The molecule has 122 valence electrons. The molecule has 1 N–H and O–H groups in total. The summed E-state index contributed by atoms with van der Waals surface area (Å²) in [6.07, 6.45) is 0.165. The van der Waals surface area contributed by atoms with Crippen LogP contribution in [-0.2, 0) is 11.2 Å². The lowest BCUT2D eigenvalue weighted by Crippen LogP contribution is -2.15. The van der Waals surface area contributed by atoms with Crippen molar-refractivity contribution in [3.63, 3.8) is 0 Å². The number of hydrogen-bond acceptors (Lipinski definition) is 3. The van der Waals surface area contributed by atoms with Crippen molar-refractivity contribution in [3.8, 4) is 10.6 Å². The van der Waals surface area contributed by atoms with Crippen molar-refractivity contribution in [2.45, 2.75) is 20.3 Å². The Morgan fingerprint density at radius 2 is 2.04 bits per heavy atom. The highest BCUT2D eigenvalue weighted by Crippen LogP contribution is 2.25. The SMILES string of the molecule is Cc1cccc(-c2nc(CC(=O)Nc3cc(F)ccc3C)cs2)c1. The van der Waals surface area contributed by atoms with Crippen LogP contribution in [0.1, 0.15) is 16.8 Å². The molecule has 0 bridgehead atoms. The van der Waals surface area contributed by atoms with Gasteiger partial charge >= 0.3 is 0 Å². The molecule has 0 atom stereocenters. The Kier molecular flexibility index (Phi) is 4.71. The van der Waals surface area contributed by atoms with Gasteiger partial charge < -0.3 is 5.32 Å². The van der Waals surface area contributed by atoms with E-state index < -0.39 is 0 Å². The highest BCUT2D eigenvalue weighted by molar-refractivity contribution is 7.13. The molecule has 1 heterocycles. The van der Waals surface area contributed by atoms with E-state index in [0.717, 1.165) is 16.1 Å². The third-order valence-corrected chi connectivity index (χ3v) is 4.57. The average molecular weight is 340 g/mol. The third kappa shape index (κ3) is 3.86. The van der Waals surface area contributed by atoms with Gasteiger partial charge in [-0.25, -0.2) is 9.37 Å². The van der Waals surface area contributed by atoms with Crippen LogP contribution in [0.4, 0.5) is 10.1 Å². The largest absolute Gasteiger partial charge is 0.325 e. The normalized spacial score (nSPS) is 10.6. The second-order valence-corrected chi connectivity index (χ2v) is 6.56. The minimum atomic E-state index is -0.369. The molecule has 0 unspecified atom stereocenters. The van der Waals surface area contributed by atoms with Crippen LogP contribution in [0.15, 0.2) is 47.8 Å². The molecular formula is C19H17FN2OS. The number of thiazole rings is 1. The molecule has 2 aromatic carbocycles. The molecule has 0 fully saturated rings. The van der Waals surface area contributed by atoms with E-state index in [1.165, 1.54) is 29.0 Å². The van der Waals surface area contributed by atoms with Crippen LogP contribution in [0.2, 0.25) is 0 Å². The summed E-state index contributed by atoms with van der Waals surface area (Å²) >= 11 is 1.51. The van der Waals surface area contributed by atoms with Crippen molar-refractivity contribution in [1.82, 2.24) is 4.98 Å². The van der Waals surface area contributed by atoms with E-state index in [0.29, 0.717) is 11.4 Å². The number of aromatic nitrogens is 1. The van der Waals surface area contributed by atoms with Crippen molar-refractivity contribution in [3.05, 3.63) is 70.5 Å². The number of hydrogen-bond donors (Lipinski definition) is 1. The number of halogens is 1. The molecule has 0 radical (unpaired) electrons. The molecule has 0 aliphatic heterocycles. The van der Waals surface area contributed by atoms with Crippen molar-refractivity contribution in [1.29, 1.82) is 0 Å². The van der Waals surface area contributed by atoms with Crippen LogP contribution in [0.5, 0.6) is 0 Å². The highest BCUT2D eigenvalue weighted by Gasteiger charge is 2.11. The molecule has 3 aromatic rings. The Morgan fingerprint density at radius 3 is 2.83 bits per heavy atom. The molecule has 0 spiro atoms. The van der Waals surface area contributed by atoms with Crippen LogP contribution in [0.3, 0.4) is 0 Å². The molecule has 24 heavy (non-hydrogen) atoms. The first-order chi connectivity index (χ1) is 11.5. The van der Waals surface area contributed by atoms with E-state index in [2.05, 4.69) is 16.4 Å². The minimum Gasteiger partial charge on any atom is -0.325 e. The smallest absolute Gasteiger partial charge is 0.230 e. The number of rotatable bonds is 4. The van der Waals surface area contributed by atoms with Gasteiger partial charge in [0.15, 0.2) is 0 Å². The van der Waals surface area contributed by atoms with Gasteiger partial charge in [0.05, 0.1) is 12.1 Å². The van der Waals surface area contributed by atoms with E-state index in [-0.39, 0.29) is 18.1 Å². The van der Waals surface area contributed by atoms with Crippen molar-refractivity contribution < 1.29 is 9.18 Å². The summed E-state index contributed by atoms with van der Waals surface area (Å²) < 4.78 is 13.3. The summed E-state index contributed by atoms with van der Waals surface area (Å²) in [6.45, 7) is 3.86. The van der Waals surface area contributed by atoms with Crippen LogP contribution in [-0.4, -0.2) is 10.9 Å². The van der Waals surface area contributed by atoms with Gasteiger partial charge in [0, 0.05) is 16.6 Å². The fourth-order valence-corrected chi connectivity index (χ4v) is 3.20. The first-order valence-corrected chi connectivity index (χ1v) is 8.46. The molecule has 3 nitrogen and oxygen atoms in total. The Morgan fingerprint density at radius 1 is 1.21 bits per heavy atom. The van der Waals surface area contributed by atoms with Crippen molar-refractivity contribution in [2.24, 2.45) is 0 Å². The maximum Gasteiger partial charge on any atom is 0.230 e. The second kappa shape index (κ2) is 6.93. The zero-order valence-electron chi connectivity index (χ0n) is 13.5. The zero-order chi connectivity index (χ0) is 17.1. The van der Waals surface area contributed by atoms with Gasteiger partial charge in [0.1, 0.15) is 10.8 Å². The summed E-state index contributed by atoms with van der Waals surface area (Å²) in [6, 6.07) is 12.4. The molecule has 0 saturated carbocycles. The standard InChI is InChI=1S/C19H17FN2OS/c1-12-4-3-5-14(8-12)19-21-16(11-24-19)10-18(23)22-17-9-15(20)7-6-13(17)2/h3-9,11H,10H2,1-2H3,(H,22,23). The van der Waals surface area contributed by atoms with Gasteiger partial charge in [0.25, 0.3) is 0 Å². The van der Waals surface area contributed by atoms with Crippen LogP contribution >= 0.6 is 11.3 Å². The fraction of sp³-hybridized carbons (Fsp3) is 0.158. The number of aryl methyl sites for hydroxylation is 2. The van der Waals surface area contributed by atoms with Gasteiger partial charge in [0.2, 0.25) is 5.91 Å². The molecule has 0 aliphatic carbocycles. The van der Waals surface area contributed by atoms with E-state index >= 15 is 0 Å². The van der Waals surface area contributed by atoms with Gasteiger partial charge in [-0.15, -0.1) is 11.3 Å². The van der Waals surface area contributed by atoms with Crippen LogP contribution in [0.25, 0.3) is 10.6 Å². The lowest BCUT2D eigenvalue weighted by atomic mass is 10.1. The van der Waals surface area contributed by atoms with Crippen molar-refractivity contribution in [2.75, 3.05) is 5.32 Å². The first kappa shape index (κ1) is 16.3. The number of anilines is 1. The minimum absolute atomic E-state index is 0.165. The molecule has 1 aromatic heterocycles. The number of nitrogens with zero attached hydrogens (tertiary/aromatic N) is 1. The van der Waals surface area contributed by atoms with Crippen molar-refractivity contribution >= 4 is 22.9 Å². The van der Waals surface area contributed by atoms with E-state index in [1.807, 2.05) is 37.4 Å². The highest BCUT2D eigenvalue weighted by atomic mass is 32.1. The molecular weight excluding hydrogens is 323 g/mol. The maximum atomic E-state index is 13.3. The van der Waals surface area contributed by atoms with E-state index in [1.54, 1.807) is 6.07 Å². The van der Waals surface area contributed by atoms with Crippen LogP contribution in [0, 0.1) is 19.7 Å². The molecule has 0 aliphatic rings. The first-order valence-electron chi connectivity index (χ1n) is 7.59. The van der Waals surface area contributed by atoms with Gasteiger partial charge in [-0.3, -0.25) is 4.79 Å². The van der Waals surface area contributed by atoms with Gasteiger partial charge in [-0.05, 0) is 37.6 Å². The number of carbonyl (C=O) groups is 1. The summed E-state index contributed by atoms with van der Waals surface area (Å²) in [5.74, 6) is -0.573. The maximum absolute atomic E-state index is 13.3. The zero-order valence-corrected chi connectivity index (χ0v) is 14.3. The van der Waals surface area contributed by atoms with E-state index in [4.69, 9.17) is 0 Å². The van der Waals surface area contributed by atoms with Gasteiger partial charge in [-0.1, -0.05) is 29.8 Å². The number of amides is 1. The molecule has 0 saturated heterocycles. The second-order valence-electron chi connectivity index (χ2n) is 5.70. The number of nitrogens with one attached hydrogen (secondary N) is 1. The number of benzene rings is 2. The average Bonchev–Trinajstić information content (AvgIpc) is 2.99. The summed E-state index contributed by atoms with van der Waals surface area (Å²) in [7, 11) is 0. The summed E-state index contributed by atoms with van der Waals surface area (Å²) in [5, 5.41) is 5.52. The Hall–Kier alpha value is -2.53. The summed E-state index contributed by atoms with van der Waals surface area (Å²) in [5.41, 5.74) is 4.25. The molecule has 3 rings (SSSR count). The van der Waals surface area contributed by atoms with Gasteiger partial charge in [-0.2, -0.15) is 0 Å². The summed E-state index contributed by atoms with van der Waals surface area (Å²) in [4.78, 5) is 16.7. The lowest BCUT2D eigenvalue weighted by molar-refractivity contribution is -0.115. The molecule has 5 heteroatoms. The Labute approximate surface area is 144 Å².